The Morgan fingerprint density at radius 1 is 1.30 bits per heavy atom. The van der Waals surface area contributed by atoms with E-state index in [0.717, 1.165) is 16.8 Å². The molecule has 0 spiro atoms. The van der Waals surface area contributed by atoms with Crippen LogP contribution in [0.3, 0.4) is 0 Å². The van der Waals surface area contributed by atoms with Gasteiger partial charge in [0.1, 0.15) is 0 Å². The predicted octanol–water partition coefficient (Wildman–Crippen LogP) is 3.69. The Morgan fingerprint density at radius 3 is 2.61 bits per heavy atom. The number of nitrogens with zero attached hydrogens (tertiary/aromatic N) is 1. The Labute approximate surface area is 137 Å². The van der Waals surface area contributed by atoms with Gasteiger partial charge in [-0.25, -0.2) is 4.79 Å². The Bertz CT molecular complexity index is 598. The van der Waals surface area contributed by atoms with Crippen LogP contribution < -0.4 is 5.32 Å². The molecule has 1 aromatic rings. The Morgan fingerprint density at radius 2 is 2.00 bits per heavy atom. The van der Waals surface area contributed by atoms with Gasteiger partial charge in [-0.15, -0.1) is 0 Å². The van der Waals surface area contributed by atoms with Crippen molar-refractivity contribution in [1.29, 1.82) is 0 Å². The zero-order chi connectivity index (χ0) is 17.1. The third-order valence-electron chi connectivity index (χ3n) is 4.46. The van der Waals surface area contributed by atoms with Crippen molar-refractivity contribution < 1.29 is 14.7 Å². The number of anilines is 1. The fourth-order valence-corrected chi connectivity index (χ4v) is 3.22. The molecule has 0 radical (unpaired) electrons. The van der Waals surface area contributed by atoms with E-state index in [0.29, 0.717) is 18.9 Å². The van der Waals surface area contributed by atoms with Crippen LogP contribution >= 0.6 is 0 Å². The molecule has 2 atom stereocenters. The van der Waals surface area contributed by atoms with Crippen LogP contribution in [-0.2, 0) is 4.79 Å². The van der Waals surface area contributed by atoms with Crippen molar-refractivity contribution in [1.82, 2.24) is 4.90 Å². The second-order valence-corrected chi connectivity index (χ2v) is 6.91. The van der Waals surface area contributed by atoms with Gasteiger partial charge in [-0.2, -0.15) is 0 Å². The molecule has 5 heteroatoms. The molecule has 2 N–H and O–H groups in total. The summed E-state index contributed by atoms with van der Waals surface area (Å²) in [6.07, 6.45) is 0.626. The van der Waals surface area contributed by atoms with E-state index in [4.69, 9.17) is 0 Å². The number of piperidine rings is 1. The number of hydrogen-bond donors (Lipinski definition) is 2. The first kappa shape index (κ1) is 17.3. The van der Waals surface area contributed by atoms with Crippen LogP contribution in [0.15, 0.2) is 18.2 Å². The Hall–Kier alpha value is -2.04. The highest BCUT2D eigenvalue weighted by atomic mass is 16.4. The summed E-state index contributed by atoms with van der Waals surface area (Å²) in [7, 11) is 0. The average molecular weight is 318 g/mol. The summed E-state index contributed by atoms with van der Waals surface area (Å²) < 4.78 is 0. The number of aliphatic carboxylic acids is 1. The number of benzene rings is 1. The highest BCUT2D eigenvalue weighted by Gasteiger charge is 2.32. The lowest BCUT2D eigenvalue weighted by Crippen LogP contribution is -2.47. The highest BCUT2D eigenvalue weighted by molar-refractivity contribution is 5.91. The molecule has 0 aromatic heterocycles. The number of carboxylic acid groups (broad SMARTS) is 1. The molecule has 1 fully saturated rings. The van der Waals surface area contributed by atoms with Crippen molar-refractivity contribution >= 4 is 17.7 Å². The minimum absolute atomic E-state index is 0.192. The molecule has 2 rings (SSSR count). The molecule has 1 aliphatic rings. The highest BCUT2D eigenvalue weighted by Crippen LogP contribution is 2.28. The van der Waals surface area contributed by atoms with Gasteiger partial charge in [0.05, 0.1) is 5.92 Å². The van der Waals surface area contributed by atoms with E-state index in [1.54, 1.807) is 4.90 Å². The molecule has 1 aromatic carbocycles. The number of para-hydroxylation sites is 1. The summed E-state index contributed by atoms with van der Waals surface area (Å²) in [5, 5.41) is 12.3. The van der Waals surface area contributed by atoms with Crippen molar-refractivity contribution in [3.8, 4) is 0 Å². The molecule has 0 aliphatic carbocycles. The van der Waals surface area contributed by atoms with Crippen molar-refractivity contribution in [2.24, 2.45) is 11.8 Å². The van der Waals surface area contributed by atoms with Gasteiger partial charge in [-0.1, -0.05) is 39.0 Å². The van der Waals surface area contributed by atoms with E-state index in [-0.39, 0.29) is 18.5 Å². The molecule has 2 unspecified atom stereocenters. The minimum Gasteiger partial charge on any atom is -0.481 e. The van der Waals surface area contributed by atoms with Gasteiger partial charge in [0.25, 0.3) is 0 Å². The molecule has 2 amide bonds. The van der Waals surface area contributed by atoms with E-state index in [9.17, 15) is 14.7 Å². The van der Waals surface area contributed by atoms with Crippen LogP contribution in [0, 0.1) is 18.8 Å². The molecule has 1 heterocycles. The average Bonchev–Trinajstić information content (AvgIpc) is 2.48. The van der Waals surface area contributed by atoms with Crippen molar-refractivity contribution in [2.45, 2.75) is 40.0 Å². The lowest BCUT2D eigenvalue weighted by atomic mass is 9.91. The standard InChI is InChI=1S/C18H26N2O3/c1-11(2)15-7-5-6-13(4)16(15)19-18(23)20-9-12(3)8-14(10-20)17(21)22/h5-7,11-12,14H,8-10H2,1-4H3,(H,19,23)(H,21,22). The van der Waals surface area contributed by atoms with Gasteiger partial charge in [0, 0.05) is 18.8 Å². The third kappa shape index (κ3) is 4.03. The van der Waals surface area contributed by atoms with Gasteiger partial charge in [-0.3, -0.25) is 4.79 Å². The number of aryl methyl sites for hydroxylation is 1. The summed E-state index contributed by atoms with van der Waals surface area (Å²) in [5.41, 5.74) is 2.96. The zero-order valence-electron chi connectivity index (χ0n) is 14.3. The summed E-state index contributed by atoms with van der Waals surface area (Å²) in [4.78, 5) is 25.5. The first-order valence-corrected chi connectivity index (χ1v) is 8.17. The summed E-state index contributed by atoms with van der Waals surface area (Å²) in [6.45, 7) is 9.01. The van der Waals surface area contributed by atoms with E-state index < -0.39 is 11.9 Å². The predicted molar refractivity (Wildman–Crippen MR) is 90.8 cm³/mol. The number of rotatable bonds is 3. The fraction of sp³-hybridized carbons (Fsp3) is 0.556. The number of carbonyl (C=O) groups is 2. The molecule has 23 heavy (non-hydrogen) atoms. The van der Waals surface area contributed by atoms with Crippen LogP contribution in [0.2, 0.25) is 0 Å². The van der Waals surface area contributed by atoms with Crippen LogP contribution in [0.25, 0.3) is 0 Å². The van der Waals surface area contributed by atoms with Gasteiger partial charge in [0.15, 0.2) is 0 Å². The van der Waals surface area contributed by atoms with Gasteiger partial charge in [-0.05, 0) is 36.3 Å². The van der Waals surface area contributed by atoms with E-state index in [2.05, 4.69) is 19.2 Å². The topological polar surface area (TPSA) is 69.6 Å². The normalized spacial score (nSPS) is 21.3. The maximum atomic E-state index is 12.6. The fourth-order valence-electron chi connectivity index (χ4n) is 3.22. The summed E-state index contributed by atoms with van der Waals surface area (Å²) >= 11 is 0. The number of carboxylic acids is 1. The molecule has 0 saturated carbocycles. The van der Waals surface area contributed by atoms with Gasteiger partial charge in [0.2, 0.25) is 0 Å². The smallest absolute Gasteiger partial charge is 0.321 e. The van der Waals surface area contributed by atoms with E-state index in [1.165, 1.54) is 0 Å². The van der Waals surface area contributed by atoms with Crippen molar-refractivity contribution in [2.75, 3.05) is 18.4 Å². The maximum Gasteiger partial charge on any atom is 0.321 e. The number of likely N-dealkylation sites (tertiary alicyclic amines) is 1. The second-order valence-electron chi connectivity index (χ2n) is 6.91. The number of urea groups is 1. The largest absolute Gasteiger partial charge is 0.481 e. The zero-order valence-corrected chi connectivity index (χ0v) is 14.3. The molecule has 1 aliphatic heterocycles. The SMILES string of the molecule is Cc1cccc(C(C)C)c1NC(=O)N1CC(C)CC(C(=O)O)C1. The Balaban J connectivity index is 2.17. The first-order chi connectivity index (χ1) is 10.8. The third-order valence-corrected chi connectivity index (χ3v) is 4.46. The van der Waals surface area contributed by atoms with Crippen molar-refractivity contribution in [3.05, 3.63) is 29.3 Å². The minimum atomic E-state index is -0.826. The summed E-state index contributed by atoms with van der Waals surface area (Å²) in [6, 6.07) is 5.77. The lowest BCUT2D eigenvalue weighted by Gasteiger charge is -2.35. The van der Waals surface area contributed by atoms with E-state index in [1.807, 2.05) is 32.0 Å². The quantitative estimate of drug-likeness (QED) is 0.893. The number of carbonyl (C=O) groups excluding carboxylic acids is 1. The number of amides is 2. The maximum absolute atomic E-state index is 12.6. The molecule has 0 bridgehead atoms. The van der Waals surface area contributed by atoms with Crippen LogP contribution in [0.5, 0.6) is 0 Å². The Kier molecular flexibility index (Phi) is 5.29. The van der Waals surface area contributed by atoms with Crippen molar-refractivity contribution in [3.63, 3.8) is 0 Å². The van der Waals surface area contributed by atoms with Crippen LogP contribution in [0.1, 0.15) is 44.2 Å². The molecular formula is C18H26N2O3. The molecule has 1 saturated heterocycles. The molecular weight excluding hydrogens is 292 g/mol. The summed E-state index contributed by atoms with van der Waals surface area (Å²) in [5.74, 6) is -0.812. The first-order valence-electron chi connectivity index (χ1n) is 8.17. The number of hydrogen-bond acceptors (Lipinski definition) is 2. The molecule has 126 valence electrons. The van der Waals surface area contributed by atoms with Gasteiger partial charge >= 0.3 is 12.0 Å². The number of nitrogens with one attached hydrogen (secondary N) is 1. The van der Waals surface area contributed by atoms with Gasteiger partial charge < -0.3 is 15.3 Å². The second kappa shape index (κ2) is 7.02. The molecule has 5 nitrogen and oxygen atoms in total. The monoisotopic (exact) mass is 318 g/mol. The van der Waals surface area contributed by atoms with E-state index >= 15 is 0 Å². The van der Waals surface area contributed by atoms with Crippen LogP contribution in [0.4, 0.5) is 10.5 Å². The van der Waals surface area contributed by atoms with Crippen LogP contribution in [-0.4, -0.2) is 35.1 Å². The lowest BCUT2D eigenvalue weighted by molar-refractivity contribution is -0.143.